The minimum Gasteiger partial charge on any atom is -0.397 e. The first kappa shape index (κ1) is 9.49. The van der Waals surface area contributed by atoms with Crippen molar-refractivity contribution in [2.75, 3.05) is 13.4 Å². The molecule has 0 heterocycles. The predicted octanol–water partition coefficient (Wildman–Crippen LogP) is 1.75. The lowest BCUT2D eigenvalue weighted by Gasteiger charge is -1.91. The molecule has 0 aliphatic carbocycles. The molecular weight excluding hydrogens is 148 g/mol. The zero-order chi connectivity index (χ0) is 7.82. The van der Waals surface area contributed by atoms with Crippen molar-refractivity contribution in [3.63, 3.8) is 0 Å². The first-order valence-corrected chi connectivity index (χ1v) is 4.25. The number of aliphatic imine (C=N–C) groups is 1. The molecule has 0 unspecified atom stereocenters. The molecule has 0 atom stereocenters. The average Bonchev–Trinajstić information content (AvgIpc) is 1.98. The lowest BCUT2D eigenvalue weighted by Crippen LogP contribution is -1.87. The molecule has 0 aromatic rings. The second-order valence-corrected chi connectivity index (χ2v) is 2.25. The van der Waals surface area contributed by atoms with Gasteiger partial charge in [0.05, 0.1) is 0 Å². The lowest BCUT2D eigenvalue weighted by molar-refractivity contribution is 0.214. The molecule has 0 saturated heterocycles. The van der Waals surface area contributed by atoms with Crippen LogP contribution in [-0.4, -0.2) is 24.7 Å². The Labute approximate surface area is 65.5 Å². The Hall–Kier alpha value is -0.510. The van der Waals surface area contributed by atoms with Gasteiger partial charge in [-0.25, -0.2) is 4.99 Å². The number of thioether (sulfide) groups is 1. The Morgan fingerprint density at radius 3 is 2.80 bits per heavy atom. The van der Waals surface area contributed by atoms with Gasteiger partial charge in [0, 0.05) is 6.21 Å². The summed E-state index contributed by atoms with van der Waals surface area (Å²) in [5.41, 5.74) is 0. The molecular formula is C6H12N2OS. The molecule has 0 fully saturated rings. The number of nitrogens with zero attached hydrogens (tertiary/aromatic N) is 2. The van der Waals surface area contributed by atoms with Crippen molar-refractivity contribution in [2.45, 2.75) is 13.3 Å². The summed E-state index contributed by atoms with van der Waals surface area (Å²) in [4.78, 5) is 8.56. The Kier molecular flexibility index (Phi) is 6.27. The molecule has 3 nitrogen and oxygen atoms in total. The second-order valence-electron chi connectivity index (χ2n) is 1.48. The largest absolute Gasteiger partial charge is 0.397 e. The Morgan fingerprint density at radius 1 is 1.70 bits per heavy atom. The monoisotopic (exact) mass is 160 g/mol. The summed E-state index contributed by atoms with van der Waals surface area (Å²) in [7, 11) is 1.51. The topological polar surface area (TPSA) is 34.0 Å². The fourth-order valence-corrected chi connectivity index (χ4v) is 0.690. The van der Waals surface area contributed by atoms with Gasteiger partial charge in [-0.2, -0.15) is 0 Å². The zero-order valence-corrected chi connectivity index (χ0v) is 7.31. The van der Waals surface area contributed by atoms with Crippen molar-refractivity contribution in [3.8, 4) is 0 Å². The molecule has 0 radical (unpaired) electrons. The molecule has 0 saturated carbocycles. The molecule has 4 heteroatoms. The van der Waals surface area contributed by atoms with Gasteiger partial charge < -0.3 is 4.84 Å². The summed E-state index contributed by atoms with van der Waals surface area (Å²) >= 11 is 1.46. The van der Waals surface area contributed by atoms with E-state index in [-0.39, 0.29) is 0 Å². The van der Waals surface area contributed by atoms with E-state index in [9.17, 15) is 0 Å². The van der Waals surface area contributed by atoms with Gasteiger partial charge in [-0.1, -0.05) is 23.8 Å². The van der Waals surface area contributed by atoms with E-state index in [2.05, 4.69) is 15.0 Å². The average molecular weight is 160 g/mol. The van der Waals surface area contributed by atoms with Crippen molar-refractivity contribution >= 4 is 23.1 Å². The van der Waals surface area contributed by atoms with Gasteiger partial charge in [0.1, 0.15) is 7.11 Å². The van der Waals surface area contributed by atoms with E-state index in [1.54, 1.807) is 6.21 Å². The van der Waals surface area contributed by atoms with Crippen molar-refractivity contribution in [1.82, 2.24) is 0 Å². The highest BCUT2D eigenvalue weighted by Gasteiger charge is 1.89. The fraction of sp³-hybridized carbons (Fsp3) is 0.667. The van der Waals surface area contributed by atoms with Crippen LogP contribution in [-0.2, 0) is 4.84 Å². The Balaban J connectivity index is 3.82. The molecule has 0 rings (SSSR count). The summed E-state index contributed by atoms with van der Waals surface area (Å²) in [5.74, 6) is 0. The number of rotatable bonds is 2. The van der Waals surface area contributed by atoms with Gasteiger partial charge >= 0.3 is 0 Å². The van der Waals surface area contributed by atoms with Gasteiger partial charge in [0.25, 0.3) is 0 Å². The lowest BCUT2D eigenvalue weighted by atomic mass is 10.5. The van der Waals surface area contributed by atoms with Crippen LogP contribution in [0.5, 0.6) is 0 Å². The zero-order valence-electron chi connectivity index (χ0n) is 6.50. The molecule has 0 bridgehead atoms. The highest BCUT2D eigenvalue weighted by atomic mass is 32.2. The van der Waals surface area contributed by atoms with Gasteiger partial charge in [-0.05, 0) is 12.7 Å². The maximum atomic E-state index is 4.55. The van der Waals surface area contributed by atoms with E-state index in [1.165, 1.54) is 18.9 Å². The third-order valence-corrected chi connectivity index (χ3v) is 1.28. The van der Waals surface area contributed by atoms with Crippen molar-refractivity contribution in [2.24, 2.45) is 10.1 Å². The van der Waals surface area contributed by atoms with E-state index in [0.717, 1.165) is 6.42 Å². The minimum atomic E-state index is 0.657. The highest BCUT2D eigenvalue weighted by Crippen LogP contribution is 1.98. The van der Waals surface area contributed by atoms with Crippen LogP contribution in [0.3, 0.4) is 0 Å². The van der Waals surface area contributed by atoms with Gasteiger partial charge in [0.15, 0.2) is 0 Å². The third kappa shape index (κ3) is 4.38. The van der Waals surface area contributed by atoms with Gasteiger partial charge in [0.2, 0.25) is 5.17 Å². The maximum Gasteiger partial charge on any atom is 0.225 e. The maximum absolute atomic E-state index is 4.55. The molecule has 10 heavy (non-hydrogen) atoms. The molecule has 0 N–H and O–H groups in total. The minimum absolute atomic E-state index is 0.657. The summed E-state index contributed by atoms with van der Waals surface area (Å²) in [6, 6.07) is 0. The summed E-state index contributed by atoms with van der Waals surface area (Å²) in [6.07, 6.45) is 4.63. The van der Waals surface area contributed by atoms with Crippen LogP contribution in [0.15, 0.2) is 10.1 Å². The Morgan fingerprint density at radius 2 is 2.40 bits per heavy atom. The second kappa shape index (κ2) is 6.61. The van der Waals surface area contributed by atoms with Crippen LogP contribution in [0.4, 0.5) is 0 Å². The van der Waals surface area contributed by atoms with Gasteiger partial charge in [-0.3, -0.25) is 0 Å². The normalized spacial score (nSPS) is 12.5. The quantitative estimate of drug-likeness (QED) is 0.350. The fourth-order valence-electron chi connectivity index (χ4n) is 0.361. The predicted molar refractivity (Wildman–Crippen MR) is 46.7 cm³/mol. The molecule has 0 amide bonds. The SMILES string of the molecule is CCC=N/C(=N\OC)SC. The highest BCUT2D eigenvalue weighted by molar-refractivity contribution is 8.13. The van der Waals surface area contributed by atoms with E-state index in [4.69, 9.17) is 0 Å². The van der Waals surface area contributed by atoms with Crippen LogP contribution in [0.25, 0.3) is 0 Å². The molecule has 0 spiro atoms. The van der Waals surface area contributed by atoms with E-state index < -0.39 is 0 Å². The van der Waals surface area contributed by atoms with Crippen molar-refractivity contribution in [1.29, 1.82) is 0 Å². The van der Waals surface area contributed by atoms with Crippen LogP contribution >= 0.6 is 11.8 Å². The molecule has 0 aliphatic heterocycles. The summed E-state index contributed by atoms with van der Waals surface area (Å²) in [5, 5.41) is 4.32. The first-order chi connectivity index (χ1) is 4.85. The molecule has 0 aromatic carbocycles. The van der Waals surface area contributed by atoms with Crippen LogP contribution in [0, 0.1) is 0 Å². The van der Waals surface area contributed by atoms with Gasteiger partial charge in [-0.15, -0.1) is 0 Å². The molecule has 0 aliphatic rings. The number of amidine groups is 1. The van der Waals surface area contributed by atoms with E-state index in [1.807, 2.05) is 13.2 Å². The summed E-state index contributed by atoms with van der Waals surface area (Å²) < 4.78 is 0. The van der Waals surface area contributed by atoms with Crippen molar-refractivity contribution in [3.05, 3.63) is 0 Å². The van der Waals surface area contributed by atoms with Crippen LogP contribution in [0.2, 0.25) is 0 Å². The van der Waals surface area contributed by atoms with Crippen molar-refractivity contribution < 1.29 is 4.84 Å². The third-order valence-electron chi connectivity index (χ3n) is 0.736. The number of hydrogen-bond acceptors (Lipinski definition) is 3. The Bertz CT molecular complexity index is 134. The van der Waals surface area contributed by atoms with Crippen LogP contribution in [0.1, 0.15) is 13.3 Å². The molecule has 58 valence electrons. The first-order valence-electron chi connectivity index (χ1n) is 3.02. The van der Waals surface area contributed by atoms with Crippen LogP contribution < -0.4 is 0 Å². The number of oxime groups is 1. The number of hydrogen-bond donors (Lipinski definition) is 0. The van der Waals surface area contributed by atoms with E-state index in [0.29, 0.717) is 5.17 Å². The van der Waals surface area contributed by atoms with E-state index >= 15 is 0 Å². The standard InChI is InChI=1S/C6H12N2OS/c1-4-5-7-6(10-3)8-9-2/h5H,4H2,1-3H3/b7-5?,8-6+. The smallest absolute Gasteiger partial charge is 0.225 e. The summed E-state index contributed by atoms with van der Waals surface area (Å²) in [6.45, 7) is 2.02. The molecule has 0 aromatic heterocycles.